The van der Waals surface area contributed by atoms with E-state index in [2.05, 4.69) is 5.32 Å². The van der Waals surface area contributed by atoms with Gasteiger partial charge >= 0.3 is 6.03 Å². The number of aldehydes is 1. The van der Waals surface area contributed by atoms with E-state index in [4.69, 9.17) is 4.74 Å². The summed E-state index contributed by atoms with van der Waals surface area (Å²) in [6.45, 7) is -0.313. The summed E-state index contributed by atoms with van der Waals surface area (Å²) in [6, 6.07) is -0.407. The minimum atomic E-state index is -0.833. The number of carbonyl (C=O) groups excluding carboxylic acids is 2. The molecule has 2 fully saturated rings. The number of nitrogens with one attached hydrogen (secondary N) is 1. The van der Waals surface area contributed by atoms with Crippen molar-refractivity contribution in [3.63, 3.8) is 0 Å². The highest BCUT2D eigenvalue weighted by molar-refractivity contribution is 5.79. The molecule has 1 saturated carbocycles. The number of aliphatic hydroxyl groups excluding tert-OH is 2. The van der Waals surface area contributed by atoms with Crippen molar-refractivity contribution in [1.29, 1.82) is 0 Å². The van der Waals surface area contributed by atoms with Crippen LogP contribution >= 0.6 is 0 Å². The SMILES string of the molecule is CNC(=O)N(/C=C(\C=O)C1CCCCC1)[C@H]1C[C@H](O)[C@@H](CO)O1. The smallest absolute Gasteiger partial charge is 0.323 e. The standard InChI is InChI=1S/C16H26N2O5/c1-17-16(22)18(15-7-13(21)14(10-20)23-15)8-12(9-19)11-5-3-2-4-6-11/h8-9,11,13-15,20-21H,2-7,10H2,1H3,(H,17,22)/b12-8+/t13-,14+,15+/m0/s1. The van der Waals surface area contributed by atoms with E-state index in [-0.39, 0.29) is 18.9 Å². The molecule has 3 atom stereocenters. The van der Waals surface area contributed by atoms with E-state index in [0.717, 1.165) is 32.0 Å². The van der Waals surface area contributed by atoms with Crippen molar-refractivity contribution in [2.24, 2.45) is 5.92 Å². The van der Waals surface area contributed by atoms with Crippen LogP contribution in [0.1, 0.15) is 38.5 Å². The van der Waals surface area contributed by atoms with Crippen molar-refractivity contribution in [3.05, 3.63) is 11.8 Å². The van der Waals surface area contributed by atoms with Crippen LogP contribution in [0.5, 0.6) is 0 Å². The Morgan fingerprint density at radius 1 is 1.35 bits per heavy atom. The molecule has 1 aliphatic carbocycles. The van der Waals surface area contributed by atoms with Crippen molar-refractivity contribution in [2.45, 2.75) is 57.0 Å². The van der Waals surface area contributed by atoms with E-state index in [0.29, 0.717) is 5.57 Å². The Labute approximate surface area is 136 Å². The minimum Gasteiger partial charge on any atom is -0.394 e. The van der Waals surface area contributed by atoms with Gasteiger partial charge in [0.15, 0.2) is 0 Å². The summed E-state index contributed by atoms with van der Waals surface area (Å²) in [7, 11) is 1.50. The number of allylic oxidation sites excluding steroid dienone is 1. The normalized spacial score (nSPS) is 29.3. The number of carbonyl (C=O) groups is 2. The molecule has 0 radical (unpaired) electrons. The van der Waals surface area contributed by atoms with Crippen molar-refractivity contribution in [2.75, 3.05) is 13.7 Å². The molecule has 0 spiro atoms. The first kappa shape index (κ1) is 17.9. The van der Waals surface area contributed by atoms with Gasteiger partial charge in [-0.05, 0) is 18.8 Å². The molecular formula is C16H26N2O5. The summed E-state index contributed by atoms with van der Waals surface area (Å²) in [6.07, 6.45) is 5.54. The lowest BCUT2D eigenvalue weighted by Gasteiger charge is -2.28. The third kappa shape index (κ3) is 4.31. The van der Waals surface area contributed by atoms with Gasteiger partial charge in [-0.3, -0.25) is 9.69 Å². The van der Waals surface area contributed by atoms with E-state index in [9.17, 15) is 19.8 Å². The Morgan fingerprint density at radius 3 is 2.57 bits per heavy atom. The van der Waals surface area contributed by atoms with Gasteiger partial charge in [0.05, 0.1) is 12.7 Å². The molecule has 2 amide bonds. The molecule has 1 saturated heterocycles. The van der Waals surface area contributed by atoms with E-state index >= 15 is 0 Å². The number of rotatable bonds is 5. The van der Waals surface area contributed by atoms with E-state index in [1.54, 1.807) is 6.20 Å². The molecule has 3 N–H and O–H groups in total. The number of aliphatic hydroxyl groups is 2. The summed E-state index contributed by atoms with van der Waals surface area (Å²) in [5.41, 5.74) is 0.582. The maximum absolute atomic E-state index is 12.2. The van der Waals surface area contributed by atoms with Crippen LogP contribution in [0, 0.1) is 5.92 Å². The van der Waals surface area contributed by atoms with E-state index < -0.39 is 24.5 Å². The molecule has 1 aliphatic heterocycles. The van der Waals surface area contributed by atoms with Gasteiger partial charge in [0.1, 0.15) is 18.6 Å². The lowest BCUT2D eigenvalue weighted by molar-refractivity contribution is -0.105. The highest BCUT2D eigenvalue weighted by Gasteiger charge is 2.38. The molecule has 130 valence electrons. The summed E-state index contributed by atoms with van der Waals surface area (Å²) < 4.78 is 5.55. The summed E-state index contributed by atoms with van der Waals surface area (Å²) in [4.78, 5) is 25.0. The van der Waals surface area contributed by atoms with Gasteiger partial charge < -0.3 is 20.3 Å². The van der Waals surface area contributed by atoms with Crippen LogP contribution in [0.2, 0.25) is 0 Å². The lowest BCUT2D eigenvalue weighted by atomic mass is 9.84. The molecule has 1 heterocycles. The van der Waals surface area contributed by atoms with Crippen LogP contribution in [0.15, 0.2) is 11.8 Å². The number of ether oxygens (including phenoxy) is 1. The van der Waals surface area contributed by atoms with Crippen molar-refractivity contribution >= 4 is 12.3 Å². The van der Waals surface area contributed by atoms with E-state index in [1.807, 2.05) is 0 Å². The van der Waals surface area contributed by atoms with Gasteiger partial charge in [-0.15, -0.1) is 0 Å². The molecule has 0 aromatic heterocycles. The molecule has 0 aromatic rings. The lowest BCUT2D eigenvalue weighted by Crippen LogP contribution is -2.42. The molecule has 7 heteroatoms. The van der Waals surface area contributed by atoms with Crippen LogP contribution in [-0.4, -0.2) is 59.5 Å². The van der Waals surface area contributed by atoms with Crippen molar-refractivity contribution in [1.82, 2.24) is 10.2 Å². The van der Waals surface area contributed by atoms with Crippen LogP contribution < -0.4 is 5.32 Å². The quantitative estimate of drug-likeness (QED) is 0.512. The largest absolute Gasteiger partial charge is 0.394 e. The van der Waals surface area contributed by atoms with Crippen molar-refractivity contribution < 1.29 is 24.5 Å². The Bertz CT molecular complexity index is 448. The second-order valence-corrected chi connectivity index (χ2v) is 6.16. The fourth-order valence-electron chi connectivity index (χ4n) is 3.28. The van der Waals surface area contributed by atoms with Crippen molar-refractivity contribution in [3.8, 4) is 0 Å². The predicted octanol–water partition coefficient (Wildman–Crippen LogP) is 0.759. The maximum atomic E-state index is 12.2. The molecule has 2 aliphatic rings. The Kier molecular flexibility index (Phi) is 6.56. The first-order chi connectivity index (χ1) is 11.1. The Hall–Kier alpha value is -1.44. The zero-order valence-corrected chi connectivity index (χ0v) is 13.5. The molecule has 0 aromatic carbocycles. The number of hydrogen-bond donors (Lipinski definition) is 3. The zero-order chi connectivity index (χ0) is 16.8. The monoisotopic (exact) mass is 326 g/mol. The molecular weight excluding hydrogens is 300 g/mol. The molecule has 7 nitrogen and oxygen atoms in total. The Balaban J connectivity index is 2.18. The number of nitrogens with zero attached hydrogens (tertiary/aromatic N) is 1. The average molecular weight is 326 g/mol. The van der Waals surface area contributed by atoms with Gasteiger partial charge in [0.2, 0.25) is 0 Å². The molecule has 23 heavy (non-hydrogen) atoms. The van der Waals surface area contributed by atoms with Crippen LogP contribution in [0.4, 0.5) is 4.79 Å². The van der Waals surface area contributed by atoms with Gasteiger partial charge in [-0.1, -0.05) is 19.3 Å². The first-order valence-corrected chi connectivity index (χ1v) is 8.22. The third-order valence-electron chi connectivity index (χ3n) is 4.64. The highest BCUT2D eigenvalue weighted by Crippen LogP contribution is 2.30. The van der Waals surface area contributed by atoms with Gasteiger partial charge in [0, 0.05) is 25.2 Å². The highest BCUT2D eigenvalue weighted by atomic mass is 16.5. The second-order valence-electron chi connectivity index (χ2n) is 6.16. The summed E-state index contributed by atoms with van der Waals surface area (Å²) in [5.74, 6) is 0.161. The van der Waals surface area contributed by atoms with Crippen LogP contribution in [0.3, 0.4) is 0 Å². The van der Waals surface area contributed by atoms with Crippen LogP contribution in [0.25, 0.3) is 0 Å². The Morgan fingerprint density at radius 2 is 2.04 bits per heavy atom. The topological polar surface area (TPSA) is 99.1 Å². The minimum absolute atomic E-state index is 0.161. The third-order valence-corrected chi connectivity index (χ3v) is 4.64. The number of hydrogen-bond acceptors (Lipinski definition) is 5. The number of amides is 2. The second kappa shape index (κ2) is 8.42. The average Bonchev–Trinajstić information content (AvgIpc) is 2.96. The molecule has 0 unspecified atom stereocenters. The molecule has 0 bridgehead atoms. The number of urea groups is 1. The van der Waals surface area contributed by atoms with Gasteiger partial charge in [0.25, 0.3) is 0 Å². The van der Waals surface area contributed by atoms with E-state index in [1.165, 1.54) is 18.4 Å². The maximum Gasteiger partial charge on any atom is 0.323 e. The van der Waals surface area contributed by atoms with Gasteiger partial charge in [-0.2, -0.15) is 0 Å². The zero-order valence-electron chi connectivity index (χ0n) is 13.5. The molecule has 2 rings (SSSR count). The predicted molar refractivity (Wildman–Crippen MR) is 83.4 cm³/mol. The fourth-order valence-corrected chi connectivity index (χ4v) is 3.28. The summed E-state index contributed by atoms with van der Waals surface area (Å²) in [5, 5.41) is 21.6. The van der Waals surface area contributed by atoms with Crippen LogP contribution in [-0.2, 0) is 9.53 Å². The van der Waals surface area contributed by atoms with Gasteiger partial charge in [-0.25, -0.2) is 4.79 Å². The first-order valence-electron chi connectivity index (χ1n) is 8.22. The summed E-state index contributed by atoms with van der Waals surface area (Å²) >= 11 is 0. The fraction of sp³-hybridized carbons (Fsp3) is 0.750.